The van der Waals surface area contributed by atoms with Gasteiger partial charge in [-0.25, -0.2) is 4.98 Å². The molecule has 1 unspecified atom stereocenters. The summed E-state index contributed by atoms with van der Waals surface area (Å²) in [4.78, 5) is 8.72. The number of aromatic nitrogens is 3. The number of aromatic amines is 1. The number of ether oxygens (including phenoxy) is 1. The first-order valence-electron chi connectivity index (χ1n) is 7.04. The molecule has 0 aliphatic rings. The molecule has 0 aliphatic carbocycles. The molecule has 0 saturated carbocycles. The highest BCUT2D eigenvalue weighted by molar-refractivity contribution is 5.95. The van der Waals surface area contributed by atoms with Gasteiger partial charge in [0.05, 0.1) is 35.1 Å². The van der Waals surface area contributed by atoms with Crippen molar-refractivity contribution >= 4 is 22.6 Å². The fourth-order valence-corrected chi connectivity index (χ4v) is 2.11. The van der Waals surface area contributed by atoms with Crippen molar-refractivity contribution in [3.63, 3.8) is 0 Å². The van der Waals surface area contributed by atoms with Gasteiger partial charge in [-0.3, -0.25) is 10.1 Å². The molecule has 21 heavy (non-hydrogen) atoms. The van der Waals surface area contributed by atoms with Gasteiger partial charge in [0.15, 0.2) is 0 Å². The van der Waals surface area contributed by atoms with Crippen LogP contribution in [0.2, 0.25) is 0 Å². The first kappa shape index (κ1) is 15.2. The zero-order valence-electron chi connectivity index (χ0n) is 12.8. The monoisotopic (exact) mass is 291 g/mol. The molecular formula is C14H21N5O2. The summed E-state index contributed by atoms with van der Waals surface area (Å²) in [5.41, 5.74) is 1.28. The predicted molar refractivity (Wildman–Crippen MR) is 83.0 cm³/mol. The SMILES string of the molecule is CCN=C(C)Nc1cc2[nH]nc(OCC)c2c(C(C)O)n1. The van der Waals surface area contributed by atoms with Gasteiger partial charge in [-0.2, -0.15) is 0 Å². The van der Waals surface area contributed by atoms with Crippen LogP contribution in [0.15, 0.2) is 11.1 Å². The van der Waals surface area contributed by atoms with Gasteiger partial charge in [-0.15, -0.1) is 5.10 Å². The zero-order chi connectivity index (χ0) is 15.4. The van der Waals surface area contributed by atoms with Crippen molar-refractivity contribution in [2.24, 2.45) is 4.99 Å². The maximum absolute atomic E-state index is 9.98. The summed E-state index contributed by atoms with van der Waals surface area (Å²) in [7, 11) is 0. The van der Waals surface area contributed by atoms with Crippen molar-refractivity contribution < 1.29 is 9.84 Å². The number of H-pyrrole nitrogens is 1. The number of aliphatic hydroxyl groups is 1. The largest absolute Gasteiger partial charge is 0.476 e. The van der Waals surface area contributed by atoms with Gasteiger partial charge in [-0.1, -0.05) is 0 Å². The highest BCUT2D eigenvalue weighted by Crippen LogP contribution is 2.31. The summed E-state index contributed by atoms with van der Waals surface area (Å²) in [6.45, 7) is 8.59. The van der Waals surface area contributed by atoms with E-state index in [2.05, 4.69) is 25.5 Å². The maximum Gasteiger partial charge on any atom is 0.242 e. The van der Waals surface area contributed by atoms with Crippen molar-refractivity contribution in [2.45, 2.75) is 33.8 Å². The van der Waals surface area contributed by atoms with Crippen molar-refractivity contribution in [3.8, 4) is 5.88 Å². The number of rotatable bonds is 5. The Hall–Kier alpha value is -2.15. The highest BCUT2D eigenvalue weighted by Gasteiger charge is 2.18. The molecule has 0 fully saturated rings. The number of aliphatic hydroxyl groups excluding tert-OH is 1. The summed E-state index contributed by atoms with van der Waals surface area (Å²) in [5.74, 6) is 1.84. The Morgan fingerprint density at radius 1 is 1.52 bits per heavy atom. The second-order valence-corrected chi connectivity index (χ2v) is 4.64. The van der Waals surface area contributed by atoms with Crippen molar-refractivity contribution in [2.75, 3.05) is 18.5 Å². The third-order valence-electron chi connectivity index (χ3n) is 2.92. The normalized spacial score (nSPS) is 13.5. The molecule has 0 aliphatic heterocycles. The fraction of sp³-hybridized carbons (Fsp3) is 0.500. The number of hydrogen-bond donors (Lipinski definition) is 3. The zero-order valence-corrected chi connectivity index (χ0v) is 12.8. The number of nitrogens with one attached hydrogen (secondary N) is 2. The minimum atomic E-state index is -0.727. The lowest BCUT2D eigenvalue weighted by atomic mass is 10.1. The summed E-state index contributed by atoms with van der Waals surface area (Å²) in [6.07, 6.45) is -0.727. The van der Waals surface area contributed by atoms with Gasteiger partial charge in [0, 0.05) is 12.6 Å². The lowest BCUT2D eigenvalue weighted by molar-refractivity contribution is 0.196. The minimum absolute atomic E-state index is 0.460. The lowest BCUT2D eigenvalue weighted by Crippen LogP contribution is -2.10. The van der Waals surface area contributed by atoms with E-state index in [1.54, 1.807) is 6.92 Å². The first-order chi connectivity index (χ1) is 10.1. The summed E-state index contributed by atoms with van der Waals surface area (Å²) < 4.78 is 5.47. The van der Waals surface area contributed by atoms with Crippen LogP contribution in [0.1, 0.15) is 39.5 Å². The molecule has 0 spiro atoms. The van der Waals surface area contributed by atoms with Crippen LogP contribution >= 0.6 is 0 Å². The van der Waals surface area contributed by atoms with Gasteiger partial charge < -0.3 is 15.2 Å². The van der Waals surface area contributed by atoms with Crippen molar-refractivity contribution in [3.05, 3.63) is 11.8 Å². The second-order valence-electron chi connectivity index (χ2n) is 4.64. The van der Waals surface area contributed by atoms with Gasteiger partial charge in [-0.05, 0) is 27.7 Å². The van der Waals surface area contributed by atoms with Gasteiger partial charge >= 0.3 is 0 Å². The van der Waals surface area contributed by atoms with Crippen molar-refractivity contribution in [1.29, 1.82) is 0 Å². The molecule has 2 heterocycles. The molecule has 2 aromatic rings. The number of hydrogen-bond acceptors (Lipinski definition) is 5. The van der Waals surface area contributed by atoms with E-state index in [0.717, 1.165) is 11.4 Å². The quantitative estimate of drug-likeness (QED) is 0.580. The molecule has 0 radical (unpaired) electrons. The van der Waals surface area contributed by atoms with E-state index >= 15 is 0 Å². The highest BCUT2D eigenvalue weighted by atomic mass is 16.5. The number of fused-ring (bicyclic) bond motifs is 1. The number of aliphatic imine (C=N–C) groups is 1. The number of pyridine rings is 1. The number of anilines is 1. The minimum Gasteiger partial charge on any atom is -0.476 e. The van der Waals surface area contributed by atoms with Crippen LogP contribution in [-0.4, -0.2) is 39.3 Å². The van der Waals surface area contributed by atoms with E-state index in [-0.39, 0.29) is 0 Å². The third kappa shape index (κ3) is 3.30. The van der Waals surface area contributed by atoms with Crippen molar-refractivity contribution in [1.82, 2.24) is 15.2 Å². The third-order valence-corrected chi connectivity index (χ3v) is 2.92. The predicted octanol–water partition coefficient (Wildman–Crippen LogP) is 2.26. The molecule has 7 heteroatoms. The van der Waals surface area contributed by atoms with Crippen LogP contribution in [0, 0.1) is 0 Å². The van der Waals surface area contributed by atoms with Crippen LogP contribution in [0.4, 0.5) is 5.82 Å². The Kier molecular flexibility index (Phi) is 4.74. The molecule has 1 atom stereocenters. The second kappa shape index (κ2) is 6.53. The van der Waals surface area contributed by atoms with E-state index in [4.69, 9.17) is 4.74 Å². The Morgan fingerprint density at radius 2 is 2.29 bits per heavy atom. The molecule has 2 rings (SSSR count). The molecule has 7 nitrogen and oxygen atoms in total. The van der Waals surface area contributed by atoms with Crippen LogP contribution in [-0.2, 0) is 0 Å². The Labute approximate surface area is 123 Å². The first-order valence-corrected chi connectivity index (χ1v) is 7.04. The van der Waals surface area contributed by atoms with Gasteiger partial charge in [0.1, 0.15) is 5.82 Å². The Morgan fingerprint density at radius 3 is 2.90 bits per heavy atom. The average Bonchev–Trinajstić information content (AvgIpc) is 2.81. The summed E-state index contributed by atoms with van der Waals surface area (Å²) in [5, 5.41) is 20.8. The Balaban J connectivity index is 2.50. The van der Waals surface area contributed by atoms with Crippen LogP contribution < -0.4 is 10.1 Å². The van der Waals surface area contributed by atoms with E-state index < -0.39 is 6.10 Å². The van der Waals surface area contributed by atoms with E-state index in [1.807, 2.05) is 26.8 Å². The Bertz CT molecular complexity index is 648. The fourth-order valence-electron chi connectivity index (χ4n) is 2.11. The molecule has 114 valence electrons. The molecule has 0 saturated heterocycles. The van der Waals surface area contributed by atoms with Gasteiger partial charge in [0.2, 0.25) is 5.88 Å². The molecule has 3 N–H and O–H groups in total. The van der Waals surface area contributed by atoms with Crippen LogP contribution in [0.5, 0.6) is 5.88 Å². The summed E-state index contributed by atoms with van der Waals surface area (Å²) >= 11 is 0. The van der Waals surface area contributed by atoms with Crippen LogP contribution in [0.25, 0.3) is 10.9 Å². The lowest BCUT2D eigenvalue weighted by Gasteiger charge is -2.11. The smallest absolute Gasteiger partial charge is 0.242 e. The molecule has 0 amide bonds. The van der Waals surface area contributed by atoms with Gasteiger partial charge in [0.25, 0.3) is 0 Å². The van der Waals surface area contributed by atoms with Crippen LogP contribution in [0.3, 0.4) is 0 Å². The molecule has 0 bridgehead atoms. The average molecular weight is 291 g/mol. The molecule has 2 aromatic heterocycles. The standard InChI is InChI=1S/C14H21N5O2/c1-5-15-9(4)16-11-7-10-12(13(17-11)8(3)20)14(19-18-10)21-6-2/h7-8,20H,5-6H2,1-4H3,(H,18,19)(H,15,16,17). The number of nitrogens with zero attached hydrogens (tertiary/aromatic N) is 3. The van der Waals surface area contributed by atoms with E-state index in [0.29, 0.717) is 35.9 Å². The number of amidine groups is 1. The summed E-state index contributed by atoms with van der Waals surface area (Å²) in [6, 6.07) is 1.82. The maximum atomic E-state index is 9.98. The molecular weight excluding hydrogens is 270 g/mol. The van der Waals surface area contributed by atoms with E-state index in [1.165, 1.54) is 0 Å². The topological polar surface area (TPSA) is 95.4 Å². The van der Waals surface area contributed by atoms with E-state index in [9.17, 15) is 5.11 Å². The molecule has 0 aromatic carbocycles.